The first-order chi connectivity index (χ1) is 16.8. The van der Waals surface area contributed by atoms with Gasteiger partial charge in [0.25, 0.3) is 0 Å². The maximum atomic E-state index is 13.9. The molecule has 2 fully saturated rings. The molecule has 8 heteroatoms. The minimum atomic E-state index is -0.493. The van der Waals surface area contributed by atoms with E-state index in [4.69, 9.17) is 11.6 Å². The van der Waals surface area contributed by atoms with Gasteiger partial charge in [0.05, 0.1) is 6.04 Å². The molecule has 0 bridgehead atoms. The van der Waals surface area contributed by atoms with Crippen molar-refractivity contribution in [1.82, 2.24) is 20.1 Å². The van der Waals surface area contributed by atoms with Gasteiger partial charge in [0, 0.05) is 46.8 Å². The zero-order valence-corrected chi connectivity index (χ0v) is 21.7. The van der Waals surface area contributed by atoms with Crippen molar-refractivity contribution in [2.24, 2.45) is 5.92 Å². The summed E-state index contributed by atoms with van der Waals surface area (Å²) in [5, 5.41) is 7.51. The first-order valence-corrected chi connectivity index (χ1v) is 13.3. The third-order valence-corrected chi connectivity index (χ3v) is 8.04. The van der Waals surface area contributed by atoms with Crippen LogP contribution in [0, 0.1) is 5.92 Å². The van der Waals surface area contributed by atoms with Crippen LogP contribution in [0.1, 0.15) is 69.2 Å². The summed E-state index contributed by atoms with van der Waals surface area (Å²) in [4.78, 5) is 40.9. The number of benzene rings is 1. The Morgan fingerprint density at radius 3 is 2.54 bits per heavy atom. The second-order valence-corrected chi connectivity index (χ2v) is 10.6. The molecule has 0 unspecified atom stereocenters. The fraction of sp³-hybridized carbons (Fsp3) is 0.593. The number of Topliss-reactive ketones (excluding diaryl/α,β-unsaturated/α-hetero) is 1. The number of likely N-dealkylation sites (tertiary alicyclic amines) is 1. The lowest BCUT2D eigenvalue weighted by Gasteiger charge is -2.35. The van der Waals surface area contributed by atoms with Crippen LogP contribution in [0.3, 0.4) is 0 Å². The standard InChI is InChI=1S/C27H37ClN4O3/c1-17(29-3)26(34)30-25(19-8-5-4-6-9-19)27(35)32-13-7-10-21(32)15-31-16-23(18(2)33)22-14-20(28)11-12-24(22)31/h11-12,14,16-17,19,21,25,29H,4-10,13,15H2,1-3H3,(H,30,34)/t17-,21-,25-/m0/s1. The van der Waals surface area contributed by atoms with Crippen LogP contribution >= 0.6 is 11.6 Å². The average molecular weight is 501 g/mol. The smallest absolute Gasteiger partial charge is 0.245 e. The first-order valence-electron chi connectivity index (χ1n) is 12.9. The van der Waals surface area contributed by atoms with Gasteiger partial charge in [-0.25, -0.2) is 0 Å². The van der Waals surface area contributed by atoms with Crippen molar-refractivity contribution in [2.75, 3.05) is 13.6 Å². The maximum absolute atomic E-state index is 13.9. The van der Waals surface area contributed by atoms with Gasteiger partial charge < -0.3 is 20.1 Å². The molecule has 2 aromatic rings. The lowest BCUT2D eigenvalue weighted by molar-refractivity contribution is -0.139. The number of carbonyl (C=O) groups is 3. The number of hydrogen-bond acceptors (Lipinski definition) is 4. The molecule has 190 valence electrons. The number of ketones is 1. The summed E-state index contributed by atoms with van der Waals surface area (Å²) in [6.45, 7) is 4.67. The van der Waals surface area contributed by atoms with Gasteiger partial charge in [0.15, 0.2) is 5.78 Å². The molecule has 2 aliphatic rings. The predicted molar refractivity (Wildman–Crippen MR) is 139 cm³/mol. The van der Waals surface area contributed by atoms with Crippen molar-refractivity contribution in [3.63, 3.8) is 0 Å². The highest BCUT2D eigenvalue weighted by Crippen LogP contribution is 2.31. The van der Waals surface area contributed by atoms with Crippen molar-refractivity contribution >= 4 is 40.1 Å². The topological polar surface area (TPSA) is 83.4 Å². The number of nitrogens with one attached hydrogen (secondary N) is 2. The quantitative estimate of drug-likeness (QED) is 0.533. The second-order valence-electron chi connectivity index (χ2n) is 10.1. The molecule has 0 radical (unpaired) electrons. The number of hydrogen-bond donors (Lipinski definition) is 2. The molecule has 1 aromatic carbocycles. The molecule has 1 saturated carbocycles. The van der Waals surface area contributed by atoms with Gasteiger partial charge in [0.2, 0.25) is 11.8 Å². The van der Waals surface area contributed by atoms with E-state index in [0.717, 1.165) is 49.4 Å². The summed E-state index contributed by atoms with van der Waals surface area (Å²) < 4.78 is 2.08. The van der Waals surface area contributed by atoms with Gasteiger partial charge in [-0.1, -0.05) is 30.9 Å². The number of nitrogens with zero attached hydrogens (tertiary/aromatic N) is 2. The molecular formula is C27H37ClN4O3. The summed E-state index contributed by atoms with van der Waals surface area (Å²) in [7, 11) is 1.75. The SMILES string of the molecule is CN[C@@H](C)C(=O)N[C@H](C(=O)N1CCC[C@H]1Cn1cc(C(C)=O)c2cc(Cl)ccc21)C1CCCCC1. The Hall–Kier alpha value is -2.38. The van der Waals surface area contributed by atoms with Crippen LogP contribution in [0.2, 0.25) is 5.02 Å². The first kappa shape index (κ1) is 25.7. The summed E-state index contributed by atoms with van der Waals surface area (Å²) in [5.74, 6) is 0.0624. The van der Waals surface area contributed by atoms with Crippen LogP contribution in [0.4, 0.5) is 0 Å². The molecule has 1 aliphatic heterocycles. The maximum Gasteiger partial charge on any atom is 0.245 e. The number of likely N-dealkylation sites (N-methyl/N-ethyl adjacent to an activating group) is 1. The number of carbonyl (C=O) groups excluding carboxylic acids is 3. The zero-order chi connectivity index (χ0) is 25.1. The molecule has 3 atom stereocenters. The van der Waals surface area contributed by atoms with E-state index in [0.29, 0.717) is 23.7 Å². The van der Waals surface area contributed by atoms with Crippen LogP contribution in [-0.4, -0.2) is 58.8 Å². The molecule has 7 nitrogen and oxygen atoms in total. The van der Waals surface area contributed by atoms with Crippen LogP contribution in [-0.2, 0) is 16.1 Å². The van der Waals surface area contributed by atoms with Crippen LogP contribution in [0.25, 0.3) is 10.9 Å². The molecule has 1 saturated heterocycles. The fourth-order valence-corrected chi connectivity index (χ4v) is 5.85. The Morgan fingerprint density at radius 1 is 1.11 bits per heavy atom. The largest absolute Gasteiger partial charge is 0.345 e. The summed E-state index contributed by atoms with van der Waals surface area (Å²) >= 11 is 6.21. The van der Waals surface area contributed by atoms with Crippen molar-refractivity contribution in [3.05, 3.63) is 35.0 Å². The highest BCUT2D eigenvalue weighted by Gasteiger charge is 2.38. The summed E-state index contributed by atoms with van der Waals surface area (Å²) in [6.07, 6.45) is 9.03. The van der Waals surface area contributed by atoms with E-state index in [1.807, 2.05) is 36.2 Å². The Morgan fingerprint density at radius 2 is 1.86 bits per heavy atom. The van der Waals surface area contributed by atoms with E-state index in [1.165, 1.54) is 6.42 Å². The minimum Gasteiger partial charge on any atom is -0.345 e. The van der Waals surface area contributed by atoms with E-state index in [9.17, 15) is 14.4 Å². The average Bonchev–Trinajstić information content (AvgIpc) is 3.46. The second kappa shape index (κ2) is 11.1. The zero-order valence-electron chi connectivity index (χ0n) is 21.0. The van der Waals surface area contributed by atoms with E-state index < -0.39 is 6.04 Å². The molecule has 2 amide bonds. The highest BCUT2D eigenvalue weighted by atomic mass is 35.5. The molecule has 2 heterocycles. The van der Waals surface area contributed by atoms with Crippen LogP contribution in [0.15, 0.2) is 24.4 Å². The van der Waals surface area contributed by atoms with E-state index in [2.05, 4.69) is 15.2 Å². The van der Waals surface area contributed by atoms with E-state index >= 15 is 0 Å². The highest BCUT2D eigenvalue weighted by molar-refractivity contribution is 6.31. The van der Waals surface area contributed by atoms with Crippen molar-refractivity contribution in [1.29, 1.82) is 0 Å². The van der Waals surface area contributed by atoms with Crippen molar-refractivity contribution < 1.29 is 14.4 Å². The Balaban J connectivity index is 1.58. The van der Waals surface area contributed by atoms with Gasteiger partial charge in [0.1, 0.15) is 6.04 Å². The number of rotatable bonds is 8. The summed E-state index contributed by atoms with van der Waals surface area (Å²) in [6, 6.07) is 4.77. The summed E-state index contributed by atoms with van der Waals surface area (Å²) in [5.41, 5.74) is 1.59. The Labute approximate surface area is 212 Å². The van der Waals surface area contributed by atoms with Crippen LogP contribution < -0.4 is 10.6 Å². The lowest BCUT2D eigenvalue weighted by atomic mass is 9.83. The molecule has 2 N–H and O–H groups in total. The number of aromatic nitrogens is 1. The number of fused-ring (bicyclic) bond motifs is 1. The number of amides is 2. The Bertz CT molecular complexity index is 1090. The molecule has 0 spiro atoms. The fourth-order valence-electron chi connectivity index (χ4n) is 5.68. The van der Waals surface area contributed by atoms with E-state index in [1.54, 1.807) is 14.0 Å². The van der Waals surface area contributed by atoms with Gasteiger partial charge in [-0.3, -0.25) is 14.4 Å². The van der Waals surface area contributed by atoms with Crippen molar-refractivity contribution in [3.8, 4) is 0 Å². The minimum absolute atomic E-state index is 0.00546. The van der Waals surface area contributed by atoms with E-state index in [-0.39, 0.29) is 35.6 Å². The van der Waals surface area contributed by atoms with Crippen LogP contribution in [0.5, 0.6) is 0 Å². The molecule has 35 heavy (non-hydrogen) atoms. The van der Waals surface area contributed by atoms with Gasteiger partial charge in [-0.2, -0.15) is 0 Å². The van der Waals surface area contributed by atoms with Gasteiger partial charge >= 0.3 is 0 Å². The number of halogens is 1. The van der Waals surface area contributed by atoms with Gasteiger partial charge in [-0.05, 0) is 70.7 Å². The normalized spacial score (nSPS) is 20.7. The molecular weight excluding hydrogens is 464 g/mol. The predicted octanol–water partition coefficient (Wildman–Crippen LogP) is 4.16. The van der Waals surface area contributed by atoms with Crippen molar-refractivity contribution in [2.45, 2.75) is 83.5 Å². The lowest BCUT2D eigenvalue weighted by Crippen LogP contribution is -2.56. The molecule has 1 aromatic heterocycles. The third kappa shape index (κ3) is 5.56. The van der Waals surface area contributed by atoms with Gasteiger partial charge in [-0.15, -0.1) is 0 Å². The molecule has 4 rings (SSSR count). The monoisotopic (exact) mass is 500 g/mol. The third-order valence-electron chi connectivity index (χ3n) is 7.80. The Kier molecular flexibility index (Phi) is 8.17. The molecule has 1 aliphatic carbocycles.